The Morgan fingerprint density at radius 3 is 2.79 bits per heavy atom. The molecular formula is C15H19N3O. The summed E-state index contributed by atoms with van der Waals surface area (Å²) >= 11 is 0. The Balaban J connectivity index is 2.30. The monoisotopic (exact) mass is 257 g/mol. The highest BCUT2D eigenvalue weighted by Crippen LogP contribution is 2.25. The zero-order valence-electron chi connectivity index (χ0n) is 11.5. The van der Waals surface area contributed by atoms with Crippen LogP contribution >= 0.6 is 0 Å². The summed E-state index contributed by atoms with van der Waals surface area (Å²) in [7, 11) is 1.91. The van der Waals surface area contributed by atoms with Gasteiger partial charge >= 0.3 is 0 Å². The minimum atomic E-state index is -0.316. The number of hydrogen-bond acceptors (Lipinski definition) is 3. The number of piperazine rings is 1. The molecule has 0 radical (unpaired) electrons. The van der Waals surface area contributed by atoms with E-state index < -0.39 is 0 Å². The maximum atomic E-state index is 12.5. The zero-order chi connectivity index (χ0) is 13.8. The molecule has 1 amide bonds. The normalized spacial score (nSPS) is 20.4. The van der Waals surface area contributed by atoms with Crippen molar-refractivity contribution in [2.24, 2.45) is 0 Å². The van der Waals surface area contributed by atoms with Gasteiger partial charge in [-0.1, -0.05) is 25.1 Å². The van der Waals surface area contributed by atoms with Gasteiger partial charge < -0.3 is 4.90 Å². The Labute approximate surface area is 114 Å². The van der Waals surface area contributed by atoms with Crippen LogP contribution in [0.1, 0.15) is 18.9 Å². The predicted octanol–water partition coefficient (Wildman–Crippen LogP) is 1.81. The van der Waals surface area contributed by atoms with Crippen molar-refractivity contribution in [1.82, 2.24) is 4.90 Å². The molecule has 19 heavy (non-hydrogen) atoms. The molecule has 4 heteroatoms. The smallest absolute Gasteiger partial charge is 0.245 e. The van der Waals surface area contributed by atoms with Crippen molar-refractivity contribution < 1.29 is 4.79 Å². The number of likely N-dealkylation sites (N-methyl/N-ethyl adjacent to an activating group) is 1. The van der Waals surface area contributed by atoms with Gasteiger partial charge in [0.05, 0.1) is 12.5 Å². The molecule has 1 aromatic carbocycles. The van der Waals surface area contributed by atoms with Crippen molar-refractivity contribution in [1.29, 1.82) is 5.26 Å². The third-order valence-corrected chi connectivity index (χ3v) is 3.71. The lowest BCUT2D eigenvalue weighted by atomic mass is 10.0. The number of nitrogens with zero attached hydrogens (tertiary/aromatic N) is 3. The fourth-order valence-corrected chi connectivity index (χ4v) is 2.53. The highest BCUT2D eigenvalue weighted by Gasteiger charge is 2.33. The highest BCUT2D eigenvalue weighted by atomic mass is 16.2. The Bertz CT molecular complexity index is 506. The summed E-state index contributed by atoms with van der Waals surface area (Å²) in [5.41, 5.74) is 2.17. The lowest BCUT2D eigenvalue weighted by Gasteiger charge is -2.38. The first-order valence-electron chi connectivity index (χ1n) is 6.65. The van der Waals surface area contributed by atoms with E-state index in [2.05, 4.69) is 19.1 Å². The molecule has 0 saturated carbocycles. The van der Waals surface area contributed by atoms with E-state index in [4.69, 9.17) is 5.26 Å². The molecule has 1 aliphatic rings. The van der Waals surface area contributed by atoms with Gasteiger partial charge in [-0.25, -0.2) is 0 Å². The Morgan fingerprint density at radius 1 is 1.37 bits per heavy atom. The fraction of sp³-hybridized carbons (Fsp3) is 0.467. The van der Waals surface area contributed by atoms with Crippen LogP contribution in [0.4, 0.5) is 5.69 Å². The maximum absolute atomic E-state index is 12.5. The number of anilines is 1. The van der Waals surface area contributed by atoms with Gasteiger partial charge in [-0.05, 0) is 25.1 Å². The third kappa shape index (κ3) is 2.61. The number of carbonyl (C=O) groups excluding carboxylic acids is 1. The molecule has 1 saturated heterocycles. The van der Waals surface area contributed by atoms with Crippen LogP contribution in [0.15, 0.2) is 24.3 Å². The number of rotatable bonds is 3. The standard InChI is InChI=1S/C15H19N3O/c1-3-12-6-4-5-7-13(12)18-11-10-17(2)14(8-9-16)15(18)19/h4-7,14H,3,8,10-11H2,1-2H3. The molecule has 0 N–H and O–H groups in total. The van der Waals surface area contributed by atoms with Crippen LogP contribution < -0.4 is 4.90 Å². The predicted molar refractivity (Wildman–Crippen MR) is 74.8 cm³/mol. The molecule has 1 atom stereocenters. The summed E-state index contributed by atoms with van der Waals surface area (Å²) in [5.74, 6) is 0.0381. The summed E-state index contributed by atoms with van der Waals surface area (Å²) in [6, 6.07) is 9.79. The average molecular weight is 257 g/mol. The molecule has 1 heterocycles. The van der Waals surface area contributed by atoms with E-state index in [1.54, 1.807) is 0 Å². The van der Waals surface area contributed by atoms with E-state index in [1.165, 1.54) is 5.56 Å². The Hall–Kier alpha value is -1.86. The van der Waals surface area contributed by atoms with Crippen LogP contribution in [0.5, 0.6) is 0 Å². The summed E-state index contributed by atoms with van der Waals surface area (Å²) in [4.78, 5) is 16.3. The summed E-state index contributed by atoms with van der Waals surface area (Å²) in [5, 5.41) is 8.86. The van der Waals surface area contributed by atoms with Gasteiger partial charge in [0.15, 0.2) is 0 Å². The zero-order valence-corrected chi connectivity index (χ0v) is 11.5. The van der Waals surface area contributed by atoms with Gasteiger partial charge in [0.1, 0.15) is 6.04 Å². The molecule has 0 bridgehead atoms. The molecule has 1 aromatic rings. The fourth-order valence-electron chi connectivity index (χ4n) is 2.53. The molecule has 100 valence electrons. The minimum absolute atomic E-state index is 0.0381. The van der Waals surface area contributed by atoms with Crippen LogP contribution in [-0.2, 0) is 11.2 Å². The van der Waals surface area contributed by atoms with Crippen molar-refractivity contribution in [2.75, 3.05) is 25.0 Å². The van der Waals surface area contributed by atoms with E-state index in [0.29, 0.717) is 6.54 Å². The number of aryl methyl sites for hydroxylation is 1. The number of nitriles is 1. The van der Waals surface area contributed by atoms with Gasteiger partial charge in [0.2, 0.25) is 5.91 Å². The summed E-state index contributed by atoms with van der Waals surface area (Å²) < 4.78 is 0. The number of amides is 1. The highest BCUT2D eigenvalue weighted by molar-refractivity contribution is 5.98. The van der Waals surface area contributed by atoms with Crippen LogP contribution in [0.3, 0.4) is 0 Å². The van der Waals surface area contributed by atoms with Crippen LogP contribution in [-0.4, -0.2) is 37.0 Å². The second-order valence-electron chi connectivity index (χ2n) is 4.83. The van der Waals surface area contributed by atoms with Crippen molar-refractivity contribution in [3.63, 3.8) is 0 Å². The maximum Gasteiger partial charge on any atom is 0.245 e. The average Bonchev–Trinajstić information content (AvgIpc) is 2.43. The number of benzene rings is 1. The van der Waals surface area contributed by atoms with E-state index in [-0.39, 0.29) is 18.4 Å². The molecule has 1 fully saturated rings. The lowest BCUT2D eigenvalue weighted by molar-refractivity contribution is -0.125. The van der Waals surface area contributed by atoms with E-state index in [0.717, 1.165) is 18.7 Å². The molecule has 0 spiro atoms. The van der Waals surface area contributed by atoms with E-state index >= 15 is 0 Å². The first kappa shape index (κ1) is 13.6. The SMILES string of the molecule is CCc1ccccc1N1CCN(C)C(CC#N)C1=O. The number of carbonyl (C=O) groups is 1. The van der Waals surface area contributed by atoms with Crippen LogP contribution in [0.2, 0.25) is 0 Å². The van der Waals surface area contributed by atoms with Gasteiger partial charge in [-0.3, -0.25) is 9.69 Å². The minimum Gasteiger partial charge on any atom is -0.309 e. The van der Waals surface area contributed by atoms with Gasteiger partial charge in [-0.2, -0.15) is 5.26 Å². The molecule has 0 aromatic heterocycles. The topological polar surface area (TPSA) is 47.3 Å². The second kappa shape index (κ2) is 5.85. The van der Waals surface area contributed by atoms with Crippen molar-refractivity contribution in [3.05, 3.63) is 29.8 Å². The van der Waals surface area contributed by atoms with Crippen LogP contribution in [0, 0.1) is 11.3 Å². The Morgan fingerprint density at radius 2 is 2.11 bits per heavy atom. The summed E-state index contributed by atoms with van der Waals surface area (Å²) in [6.07, 6.45) is 1.15. The number of para-hydroxylation sites is 1. The first-order chi connectivity index (χ1) is 9.19. The third-order valence-electron chi connectivity index (χ3n) is 3.71. The van der Waals surface area contributed by atoms with Crippen molar-refractivity contribution in [2.45, 2.75) is 25.8 Å². The largest absolute Gasteiger partial charge is 0.309 e. The van der Waals surface area contributed by atoms with Gasteiger partial charge in [0, 0.05) is 18.8 Å². The number of hydrogen-bond donors (Lipinski definition) is 0. The van der Waals surface area contributed by atoms with Crippen LogP contribution in [0.25, 0.3) is 0 Å². The van der Waals surface area contributed by atoms with E-state index in [1.807, 2.05) is 35.0 Å². The van der Waals surface area contributed by atoms with Crippen molar-refractivity contribution in [3.8, 4) is 6.07 Å². The second-order valence-corrected chi connectivity index (χ2v) is 4.83. The van der Waals surface area contributed by atoms with Crippen molar-refractivity contribution >= 4 is 11.6 Å². The molecule has 2 rings (SSSR count). The molecular weight excluding hydrogens is 238 g/mol. The summed E-state index contributed by atoms with van der Waals surface area (Å²) in [6.45, 7) is 3.58. The quantitative estimate of drug-likeness (QED) is 0.829. The molecule has 1 unspecified atom stereocenters. The Kier molecular flexibility index (Phi) is 4.18. The lowest BCUT2D eigenvalue weighted by Crippen LogP contribution is -2.55. The molecule has 0 aliphatic carbocycles. The molecule has 4 nitrogen and oxygen atoms in total. The molecule has 1 aliphatic heterocycles. The first-order valence-corrected chi connectivity index (χ1v) is 6.65. The van der Waals surface area contributed by atoms with Gasteiger partial charge in [-0.15, -0.1) is 0 Å². The van der Waals surface area contributed by atoms with Gasteiger partial charge in [0.25, 0.3) is 0 Å². The van der Waals surface area contributed by atoms with E-state index in [9.17, 15) is 4.79 Å².